The van der Waals surface area contributed by atoms with Crippen LogP contribution >= 0.6 is 0 Å². The summed E-state index contributed by atoms with van der Waals surface area (Å²) in [6.07, 6.45) is -0.549. The largest absolute Gasteiger partial charge is 1.00 e. The molecule has 0 aliphatic rings. The van der Waals surface area contributed by atoms with E-state index >= 15 is 0 Å². The first-order valence-corrected chi connectivity index (χ1v) is 3.97. The van der Waals surface area contributed by atoms with Crippen molar-refractivity contribution in [2.75, 3.05) is 13.2 Å². The minimum atomic E-state index is -0.990. The maximum absolute atomic E-state index is 10.8. The number of hydrogen-bond acceptors (Lipinski definition) is 5. The van der Waals surface area contributed by atoms with Crippen LogP contribution in [0.3, 0.4) is 0 Å². The van der Waals surface area contributed by atoms with Gasteiger partial charge in [0.15, 0.2) is 0 Å². The van der Waals surface area contributed by atoms with E-state index in [4.69, 9.17) is 0 Å². The minimum Gasteiger partial charge on any atom is -1.00 e. The molecule has 0 atom stereocenters. The summed E-state index contributed by atoms with van der Waals surface area (Å²) in [5.74, 6) is -2.57. The van der Waals surface area contributed by atoms with Crippen molar-refractivity contribution >= 4 is 17.7 Å². The first-order valence-electron chi connectivity index (χ1n) is 3.97. The van der Waals surface area contributed by atoms with E-state index in [1.54, 1.807) is 13.8 Å². The number of rotatable bonds is 5. The molecule has 0 N–H and O–H groups in total. The van der Waals surface area contributed by atoms with Crippen LogP contribution in [-0.4, -0.2) is 30.9 Å². The van der Waals surface area contributed by atoms with Gasteiger partial charge in [0.05, 0.1) is 13.2 Å². The van der Waals surface area contributed by atoms with E-state index in [2.05, 4.69) is 9.47 Å². The Morgan fingerprint density at radius 1 is 1.07 bits per heavy atom. The number of ether oxygens (including phenoxy) is 2. The van der Waals surface area contributed by atoms with Gasteiger partial charge in [0.1, 0.15) is 6.42 Å². The SMILES string of the molecule is CCOC(=O)CC(=O)C(=O)OCC.[H-].[Na+]. The second-order valence-electron chi connectivity index (χ2n) is 2.13. The Hall–Kier alpha value is -0.390. The Morgan fingerprint density at radius 2 is 1.57 bits per heavy atom. The molecule has 14 heavy (non-hydrogen) atoms. The molecule has 0 aliphatic carbocycles. The molecular weight excluding hydrogens is 199 g/mol. The summed E-state index contributed by atoms with van der Waals surface area (Å²) in [7, 11) is 0. The molecule has 0 unspecified atom stereocenters. The van der Waals surface area contributed by atoms with E-state index in [1.165, 1.54) is 0 Å². The summed E-state index contributed by atoms with van der Waals surface area (Å²) in [6, 6.07) is 0. The average Bonchev–Trinajstić information content (AvgIpc) is 2.05. The molecule has 6 heteroatoms. The molecule has 0 fully saturated rings. The maximum atomic E-state index is 10.8. The molecule has 0 aliphatic heterocycles. The number of ketones is 1. The van der Waals surface area contributed by atoms with E-state index in [9.17, 15) is 14.4 Å². The summed E-state index contributed by atoms with van der Waals surface area (Å²) in [5, 5.41) is 0. The topological polar surface area (TPSA) is 69.7 Å². The molecule has 0 saturated carbocycles. The van der Waals surface area contributed by atoms with E-state index in [0.717, 1.165) is 0 Å². The van der Waals surface area contributed by atoms with Crippen LogP contribution in [0.25, 0.3) is 0 Å². The normalized spacial score (nSPS) is 8.43. The molecule has 0 saturated heterocycles. The van der Waals surface area contributed by atoms with Crippen molar-refractivity contribution in [1.82, 2.24) is 0 Å². The van der Waals surface area contributed by atoms with Gasteiger partial charge in [0.2, 0.25) is 0 Å². The Labute approximate surface area is 106 Å². The van der Waals surface area contributed by atoms with Crippen molar-refractivity contribution < 1.29 is 54.8 Å². The minimum absolute atomic E-state index is 0. The molecule has 0 heterocycles. The number of esters is 2. The van der Waals surface area contributed by atoms with Gasteiger partial charge in [-0.05, 0) is 13.8 Å². The number of carbonyl (C=O) groups excluding carboxylic acids is 3. The second kappa shape index (κ2) is 9.18. The molecular formula is C8H13NaO5. The van der Waals surface area contributed by atoms with E-state index in [-0.39, 0.29) is 44.2 Å². The van der Waals surface area contributed by atoms with Crippen molar-refractivity contribution in [3.05, 3.63) is 0 Å². The summed E-state index contributed by atoms with van der Waals surface area (Å²) in [6.45, 7) is 3.50. The van der Waals surface area contributed by atoms with Crippen LogP contribution in [0.4, 0.5) is 0 Å². The van der Waals surface area contributed by atoms with Gasteiger partial charge < -0.3 is 10.9 Å². The Morgan fingerprint density at radius 3 is 2.00 bits per heavy atom. The Bertz CT molecular complexity index is 219. The summed E-state index contributed by atoms with van der Waals surface area (Å²) >= 11 is 0. The van der Waals surface area contributed by atoms with Crippen LogP contribution in [0.2, 0.25) is 0 Å². The van der Waals surface area contributed by atoms with Gasteiger partial charge in [-0.3, -0.25) is 9.59 Å². The number of carbonyl (C=O) groups is 3. The van der Waals surface area contributed by atoms with E-state index < -0.39 is 24.1 Å². The van der Waals surface area contributed by atoms with Crippen LogP contribution in [0.5, 0.6) is 0 Å². The van der Waals surface area contributed by atoms with Crippen LogP contribution in [0.1, 0.15) is 21.7 Å². The molecule has 0 radical (unpaired) electrons. The zero-order chi connectivity index (χ0) is 10.3. The maximum Gasteiger partial charge on any atom is 1.00 e. The molecule has 0 rings (SSSR count). The fourth-order valence-corrected chi connectivity index (χ4v) is 0.627. The zero-order valence-electron chi connectivity index (χ0n) is 9.66. The third-order valence-electron chi connectivity index (χ3n) is 1.11. The van der Waals surface area contributed by atoms with Crippen LogP contribution in [-0.2, 0) is 23.9 Å². The summed E-state index contributed by atoms with van der Waals surface area (Å²) in [5.41, 5.74) is 0. The Kier molecular flexibility index (Phi) is 10.5. The van der Waals surface area contributed by atoms with Crippen LogP contribution in [0.15, 0.2) is 0 Å². The van der Waals surface area contributed by atoms with Crippen LogP contribution < -0.4 is 29.6 Å². The van der Waals surface area contributed by atoms with Gasteiger partial charge in [0, 0.05) is 0 Å². The second-order valence-corrected chi connectivity index (χ2v) is 2.13. The number of hydrogen-bond donors (Lipinski definition) is 0. The molecule has 0 amide bonds. The quantitative estimate of drug-likeness (QED) is 0.213. The third-order valence-corrected chi connectivity index (χ3v) is 1.11. The molecule has 0 spiro atoms. The van der Waals surface area contributed by atoms with Gasteiger partial charge in [0.25, 0.3) is 5.78 Å². The third kappa shape index (κ3) is 7.06. The van der Waals surface area contributed by atoms with Gasteiger partial charge >= 0.3 is 41.5 Å². The van der Waals surface area contributed by atoms with E-state index in [1.807, 2.05) is 0 Å². The van der Waals surface area contributed by atoms with Crippen molar-refractivity contribution in [3.8, 4) is 0 Å². The monoisotopic (exact) mass is 212 g/mol. The fraction of sp³-hybridized carbons (Fsp3) is 0.625. The standard InChI is InChI=1S/C8H12O5.Na.H/c1-3-12-7(10)5-6(9)8(11)13-4-2;;/h3-5H2,1-2H3;;/q;+1;-1. The fourth-order valence-electron chi connectivity index (χ4n) is 0.627. The molecule has 0 aromatic rings. The smallest absolute Gasteiger partial charge is 1.00 e. The van der Waals surface area contributed by atoms with Crippen molar-refractivity contribution in [3.63, 3.8) is 0 Å². The average molecular weight is 212 g/mol. The predicted octanol–water partition coefficient (Wildman–Crippen LogP) is -2.81. The van der Waals surface area contributed by atoms with Crippen molar-refractivity contribution in [1.29, 1.82) is 0 Å². The zero-order valence-corrected chi connectivity index (χ0v) is 10.7. The van der Waals surface area contributed by atoms with Crippen molar-refractivity contribution in [2.24, 2.45) is 0 Å². The van der Waals surface area contributed by atoms with Gasteiger partial charge in [-0.15, -0.1) is 0 Å². The molecule has 5 nitrogen and oxygen atoms in total. The summed E-state index contributed by atoms with van der Waals surface area (Å²) < 4.78 is 8.86. The van der Waals surface area contributed by atoms with Gasteiger partial charge in [-0.2, -0.15) is 0 Å². The predicted molar refractivity (Wildman–Crippen MR) is 44.0 cm³/mol. The van der Waals surface area contributed by atoms with Gasteiger partial charge in [-0.1, -0.05) is 0 Å². The molecule has 0 bridgehead atoms. The Balaban J connectivity index is -0.000000720. The van der Waals surface area contributed by atoms with Crippen LogP contribution in [0, 0.1) is 0 Å². The van der Waals surface area contributed by atoms with Gasteiger partial charge in [-0.25, -0.2) is 4.79 Å². The summed E-state index contributed by atoms with van der Waals surface area (Å²) in [4.78, 5) is 32.3. The first-order chi connectivity index (χ1) is 6.11. The first kappa shape index (κ1) is 16.1. The molecule has 76 valence electrons. The molecule has 0 aromatic heterocycles. The molecule has 0 aromatic carbocycles. The van der Waals surface area contributed by atoms with Crippen molar-refractivity contribution in [2.45, 2.75) is 20.3 Å². The number of Topliss-reactive ketones (excluding diaryl/α,β-unsaturated/α-hetero) is 1. The van der Waals surface area contributed by atoms with E-state index in [0.29, 0.717) is 0 Å².